The van der Waals surface area contributed by atoms with Gasteiger partial charge >= 0.3 is 0 Å². The summed E-state index contributed by atoms with van der Waals surface area (Å²) in [5.41, 5.74) is 1.18. The van der Waals surface area contributed by atoms with E-state index in [2.05, 4.69) is 15.3 Å². The predicted octanol–water partition coefficient (Wildman–Crippen LogP) is 1.53. The number of hydrogen-bond acceptors (Lipinski definition) is 5. The largest absolute Gasteiger partial charge is 0.495 e. The normalized spacial score (nSPS) is 10.6. The van der Waals surface area contributed by atoms with Gasteiger partial charge in [-0.05, 0) is 6.07 Å². The summed E-state index contributed by atoms with van der Waals surface area (Å²) < 4.78 is 8.20. The first kappa shape index (κ1) is 14.3. The van der Waals surface area contributed by atoms with Crippen molar-refractivity contribution in [3.05, 3.63) is 64.1 Å². The van der Waals surface area contributed by atoms with Gasteiger partial charge in [-0.25, -0.2) is 4.68 Å². The highest BCUT2D eigenvalue weighted by atomic mass is 35.5. The van der Waals surface area contributed by atoms with E-state index in [1.54, 1.807) is 48.7 Å². The van der Waals surface area contributed by atoms with E-state index in [0.717, 1.165) is 5.69 Å². The van der Waals surface area contributed by atoms with Crippen molar-refractivity contribution in [2.75, 3.05) is 7.11 Å². The molecule has 3 aromatic heterocycles. The van der Waals surface area contributed by atoms with Gasteiger partial charge in [0.05, 0.1) is 37.9 Å². The lowest BCUT2D eigenvalue weighted by Crippen LogP contribution is -2.18. The van der Waals surface area contributed by atoms with Crippen LogP contribution in [-0.2, 0) is 6.54 Å². The van der Waals surface area contributed by atoms with Crippen LogP contribution in [-0.4, -0.2) is 31.7 Å². The minimum absolute atomic E-state index is 0.190. The van der Waals surface area contributed by atoms with Gasteiger partial charge in [0.2, 0.25) is 0 Å². The Bertz CT molecular complexity index is 858. The molecule has 0 aliphatic rings. The Hall–Kier alpha value is -2.67. The average molecular weight is 318 g/mol. The standard InChI is InChI=1S/C14H12ClN5O2/c1-22-13-5-12(6-16-7-13)20-9-11(17-18-20)8-19-3-2-10(15)4-14(19)21/h2-7,9H,8H2,1H3. The van der Waals surface area contributed by atoms with E-state index < -0.39 is 0 Å². The van der Waals surface area contributed by atoms with Crippen molar-refractivity contribution in [2.45, 2.75) is 6.54 Å². The number of pyridine rings is 2. The van der Waals surface area contributed by atoms with Crippen molar-refractivity contribution in [3.8, 4) is 11.4 Å². The summed E-state index contributed by atoms with van der Waals surface area (Å²) in [5, 5.41) is 8.50. The first-order valence-corrected chi connectivity index (χ1v) is 6.80. The Labute approximate surface area is 130 Å². The molecule has 0 aliphatic carbocycles. The van der Waals surface area contributed by atoms with Crippen molar-refractivity contribution in [1.82, 2.24) is 24.5 Å². The molecule has 22 heavy (non-hydrogen) atoms. The lowest BCUT2D eigenvalue weighted by molar-refractivity contribution is 0.412. The van der Waals surface area contributed by atoms with Crippen LogP contribution >= 0.6 is 11.6 Å². The monoisotopic (exact) mass is 317 g/mol. The van der Waals surface area contributed by atoms with Gasteiger partial charge in [-0.15, -0.1) is 5.10 Å². The maximum absolute atomic E-state index is 11.8. The quantitative estimate of drug-likeness (QED) is 0.729. The number of methoxy groups -OCH3 is 1. The van der Waals surface area contributed by atoms with Crippen LogP contribution in [0.2, 0.25) is 5.02 Å². The van der Waals surface area contributed by atoms with Crippen LogP contribution in [0.3, 0.4) is 0 Å². The number of nitrogens with zero attached hydrogens (tertiary/aromatic N) is 5. The Morgan fingerprint density at radius 3 is 2.95 bits per heavy atom. The van der Waals surface area contributed by atoms with E-state index in [-0.39, 0.29) is 5.56 Å². The molecule has 0 atom stereocenters. The fourth-order valence-corrected chi connectivity index (χ4v) is 2.08. The van der Waals surface area contributed by atoms with Crippen LogP contribution in [0, 0.1) is 0 Å². The van der Waals surface area contributed by atoms with Crippen molar-refractivity contribution >= 4 is 11.6 Å². The molecule has 0 saturated carbocycles. The van der Waals surface area contributed by atoms with Crippen LogP contribution in [0.15, 0.2) is 47.8 Å². The van der Waals surface area contributed by atoms with Crippen molar-refractivity contribution in [2.24, 2.45) is 0 Å². The van der Waals surface area contributed by atoms with Crippen LogP contribution in [0.5, 0.6) is 5.75 Å². The van der Waals surface area contributed by atoms with Gasteiger partial charge < -0.3 is 9.30 Å². The number of halogens is 1. The van der Waals surface area contributed by atoms with E-state index >= 15 is 0 Å². The molecular weight excluding hydrogens is 306 g/mol. The molecule has 0 aliphatic heterocycles. The fraction of sp³-hybridized carbons (Fsp3) is 0.143. The fourth-order valence-electron chi connectivity index (χ4n) is 1.93. The second-order valence-corrected chi connectivity index (χ2v) is 4.98. The highest BCUT2D eigenvalue weighted by molar-refractivity contribution is 6.30. The van der Waals surface area contributed by atoms with Crippen LogP contribution in [0.1, 0.15) is 5.69 Å². The molecular formula is C14H12ClN5O2. The molecule has 3 heterocycles. The zero-order valence-electron chi connectivity index (χ0n) is 11.7. The molecule has 8 heteroatoms. The third kappa shape index (κ3) is 2.99. The summed E-state index contributed by atoms with van der Waals surface area (Å²) in [6.45, 7) is 0.313. The van der Waals surface area contributed by atoms with E-state index in [0.29, 0.717) is 23.0 Å². The number of ether oxygens (including phenoxy) is 1. The lowest BCUT2D eigenvalue weighted by atomic mass is 10.4. The zero-order chi connectivity index (χ0) is 15.5. The van der Waals surface area contributed by atoms with Gasteiger partial charge in [0.25, 0.3) is 5.56 Å². The molecule has 0 saturated heterocycles. The summed E-state index contributed by atoms with van der Waals surface area (Å²) in [6.07, 6.45) is 6.61. The van der Waals surface area contributed by atoms with Crippen LogP contribution in [0.25, 0.3) is 5.69 Å². The van der Waals surface area contributed by atoms with Crippen molar-refractivity contribution in [1.29, 1.82) is 0 Å². The van der Waals surface area contributed by atoms with Gasteiger partial charge in [0.1, 0.15) is 11.4 Å². The first-order chi connectivity index (χ1) is 10.7. The Kier molecular flexibility index (Phi) is 3.88. The van der Waals surface area contributed by atoms with Gasteiger partial charge in [0, 0.05) is 23.4 Å². The Balaban J connectivity index is 1.85. The second kappa shape index (κ2) is 5.98. The molecule has 7 nitrogen and oxygen atoms in total. The van der Waals surface area contributed by atoms with Gasteiger partial charge in [-0.2, -0.15) is 0 Å². The predicted molar refractivity (Wildman–Crippen MR) is 80.5 cm³/mol. The molecule has 112 valence electrons. The maximum atomic E-state index is 11.8. The molecule has 0 fully saturated rings. The summed E-state index contributed by atoms with van der Waals surface area (Å²) in [5.74, 6) is 0.628. The topological polar surface area (TPSA) is 74.8 Å². The zero-order valence-corrected chi connectivity index (χ0v) is 12.4. The van der Waals surface area contributed by atoms with Gasteiger partial charge in [-0.3, -0.25) is 9.78 Å². The highest BCUT2D eigenvalue weighted by Crippen LogP contribution is 2.13. The molecule has 0 unspecified atom stereocenters. The van der Waals surface area contributed by atoms with E-state index in [1.807, 2.05) is 0 Å². The third-order valence-electron chi connectivity index (χ3n) is 3.03. The van der Waals surface area contributed by atoms with E-state index in [1.165, 1.54) is 10.6 Å². The van der Waals surface area contributed by atoms with Crippen molar-refractivity contribution in [3.63, 3.8) is 0 Å². The molecule has 0 spiro atoms. The summed E-state index contributed by atoms with van der Waals surface area (Å²) >= 11 is 5.77. The van der Waals surface area contributed by atoms with Gasteiger partial charge in [-0.1, -0.05) is 16.8 Å². The molecule has 0 amide bonds. The maximum Gasteiger partial charge on any atom is 0.252 e. The molecule has 0 bridgehead atoms. The minimum atomic E-state index is -0.190. The molecule has 3 aromatic rings. The molecule has 0 aromatic carbocycles. The second-order valence-electron chi connectivity index (χ2n) is 4.55. The Morgan fingerprint density at radius 2 is 2.18 bits per heavy atom. The van der Waals surface area contributed by atoms with Crippen molar-refractivity contribution < 1.29 is 4.74 Å². The summed E-state index contributed by atoms with van der Waals surface area (Å²) in [4.78, 5) is 15.9. The SMILES string of the molecule is COc1cncc(-n2cc(Cn3ccc(Cl)cc3=O)nn2)c1. The average Bonchev–Trinajstić information content (AvgIpc) is 2.99. The Morgan fingerprint density at radius 1 is 1.32 bits per heavy atom. The van der Waals surface area contributed by atoms with E-state index in [9.17, 15) is 4.79 Å². The number of rotatable bonds is 4. The molecule has 3 rings (SSSR count). The first-order valence-electron chi connectivity index (χ1n) is 6.42. The lowest BCUT2D eigenvalue weighted by Gasteiger charge is -2.03. The minimum Gasteiger partial charge on any atom is -0.495 e. The number of hydrogen-bond donors (Lipinski definition) is 0. The van der Waals surface area contributed by atoms with E-state index in [4.69, 9.17) is 16.3 Å². The summed E-state index contributed by atoms with van der Waals surface area (Å²) in [7, 11) is 1.57. The molecule has 0 N–H and O–H groups in total. The van der Waals surface area contributed by atoms with Crippen LogP contribution < -0.4 is 10.3 Å². The number of aromatic nitrogens is 5. The smallest absolute Gasteiger partial charge is 0.252 e. The highest BCUT2D eigenvalue weighted by Gasteiger charge is 2.06. The molecule has 0 radical (unpaired) electrons. The van der Waals surface area contributed by atoms with Crippen LogP contribution in [0.4, 0.5) is 0 Å². The summed E-state index contributed by atoms with van der Waals surface area (Å²) in [6, 6.07) is 4.80. The third-order valence-corrected chi connectivity index (χ3v) is 3.27. The van der Waals surface area contributed by atoms with Gasteiger partial charge in [0.15, 0.2) is 0 Å².